The average molecular weight is 830 g/mol. The fraction of sp³-hybridized carbons (Fsp3) is 0.653. The van der Waals surface area contributed by atoms with E-state index in [0.717, 1.165) is 57.8 Å². The van der Waals surface area contributed by atoms with Gasteiger partial charge in [-0.25, -0.2) is 4.57 Å². The van der Waals surface area contributed by atoms with Gasteiger partial charge in [0.1, 0.15) is 6.10 Å². The largest absolute Gasteiger partial charge is 0.472 e. The molecule has 3 N–H and O–H groups in total. The molecule has 0 aromatic heterocycles. The lowest BCUT2D eigenvalue weighted by Crippen LogP contribution is -2.28. The van der Waals surface area contributed by atoms with Gasteiger partial charge in [-0.05, 0) is 77.0 Å². The molecular formula is C49H84NO7P. The third-order valence-corrected chi connectivity index (χ3v) is 10.0. The highest BCUT2D eigenvalue weighted by atomic mass is 31.2. The zero-order valence-electron chi connectivity index (χ0n) is 36.7. The van der Waals surface area contributed by atoms with Crippen LogP contribution in [0.15, 0.2) is 97.2 Å². The summed E-state index contributed by atoms with van der Waals surface area (Å²) in [4.78, 5) is 22.4. The molecule has 0 aliphatic carbocycles. The normalized spacial score (nSPS) is 14.3. The number of carbonyl (C=O) groups excluding carboxylic acids is 1. The Morgan fingerprint density at radius 3 is 1.45 bits per heavy atom. The molecule has 0 spiro atoms. The summed E-state index contributed by atoms with van der Waals surface area (Å²) in [5.41, 5.74) is 5.36. The summed E-state index contributed by atoms with van der Waals surface area (Å²) in [5.74, 6) is -0.462. The van der Waals surface area contributed by atoms with Crippen molar-refractivity contribution in [3.05, 3.63) is 97.2 Å². The van der Waals surface area contributed by atoms with Crippen molar-refractivity contribution in [2.24, 2.45) is 5.73 Å². The number of hydrogen-bond acceptors (Lipinski definition) is 7. The van der Waals surface area contributed by atoms with E-state index < -0.39 is 19.9 Å². The molecule has 0 fully saturated rings. The Labute approximate surface area is 355 Å². The Morgan fingerprint density at radius 2 is 0.966 bits per heavy atom. The van der Waals surface area contributed by atoms with E-state index in [4.69, 9.17) is 24.3 Å². The Balaban J connectivity index is 4.10. The highest BCUT2D eigenvalue weighted by Crippen LogP contribution is 2.43. The number of phosphoric ester groups is 1. The molecule has 0 saturated carbocycles. The minimum Gasteiger partial charge on any atom is -0.457 e. The van der Waals surface area contributed by atoms with Crippen LogP contribution in [-0.4, -0.2) is 49.9 Å². The molecule has 8 nitrogen and oxygen atoms in total. The van der Waals surface area contributed by atoms with Crippen LogP contribution in [0.25, 0.3) is 0 Å². The average Bonchev–Trinajstić information content (AvgIpc) is 3.21. The molecule has 0 aliphatic heterocycles. The SMILES string of the molecule is CC/C=C\C/C=C\C/C=C\C/C=C\C/C=C\CC(=O)OC(COCCCCCCCCCCC/C=C\C/C=C\C/C=C\CCCCCCC)COP(=O)(O)OCCN. The minimum absolute atomic E-state index is 0.0666. The summed E-state index contributed by atoms with van der Waals surface area (Å²) in [6, 6.07) is 0. The topological polar surface area (TPSA) is 117 Å². The smallest absolute Gasteiger partial charge is 0.457 e. The van der Waals surface area contributed by atoms with Crippen LogP contribution in [0.2, 0.25) is 0 Å². The van der Waals surface area contributed by atoms with Crippen molar-refractivity contribution in [1.29, 1.82) is 0 Å². The van der Waals surface area contributed by atoms with Gasteiger partial charge in [-0.1, -0.05) is 182 Å². The molecule has 0 heterocycles. The molecule has 0 bridgehead atoms. The molecule has 332 valence electrons. The molecular weight excluding hydrogens is 746 g/mol. The first-order valence-electron chi connectivity index (χ1n) is 22.7. The van der Waals surface area contributed by atoms with Gasteiger partial charge in [-0.15, -0.1) is 0 Å². The lowest BCUT2D eigenvalue weighted by molar-refractivity contribution is -0.153. The van der Waals surface area contributed by atoms with Crippen LogP contribution >= 0.6 is 7.82 Å². The van der Waals surface area contributed by atoms with Gasteiger partial charge in [0, 0.05) is 13.2 Å². The van der Waals surface area contributed by atoms with Crippen molar-refractivity contribution in [3.8, 4) is 0 Å². The first-order chi connectivity index (χ1) is 28.4. The molecule has 0 saturated heterocycles. The fourth-order valence-corrected chi connectivity index (χ4v) is 6.49. The summed E-state index contributed by atoms with van der Waals surface area (Å²) in [5, 5.41) is 0. The van der Waals surface area contributed by atoms with E-state index in [1.807, 2.05) is 6.08 Å². The second kappa shape index (κ2) is 45.5. The molecule has 0 rings (SSSR count). The van der Waals surface area contributed by atoms with Gasteiger partial charge in [-0.3, -0.25) is 13.8 Å². The molecule has 58 heavy (non-hydrogen) atoms. The maximum atomic E-state index is 12.5. The molecule has 2 atom stereocenters. The van der Waals surface area contributed by atoms with Gasteiger partial charge < -0.3 is 20.1 Å². The first-order valence-corrected chi connectivity index (χ1v) is 24.2. The molecule has 0 amide bonds. The molecule has 0 aromatic rings. The highest BCUT2D eigenvalue weighted by molar-refractivity contribution is 7.47. The quantitative estimate of drug-likeness (QED) is 0.0270. The molecule has 9 heteroatoms. The summed E-state index contributed by atoms with van der Waals surface area (Å²) in [6.07, 6.45) is 60.4. The van der Waals surface area contributed by atoms with Crippen molar-refractivity contribution in [2.45, 2.75) is 174 Å². The minimum atomic E-state index is -4.31. The van der Waals surface area contributed by atoms with Crippen LogP contribution < -0.4 is 5.73 Å². The van der Waals surface area contributed by atoms with E-state index in [0.29, 0.717) is 13.0 Å². The standard InChI is InChI=1S/C49H84NO7P/c1-3-5-7-9-11-13-15-17-19-20-21-22-23-24-25-26-27-29-31-33-35-37-39-41-44-54-46-48(47-56-58(52,53)55-45-43-50)57-49(51)42-40-38-36-34-32-30-28-18-16-14-12-10-8-6-4-2/h6,8,12,14-15,17-18,20-21,23-24,28,32,34,38,40,48H,3-5,7,9-11,13,16,19,22,25-27,29-31,33,35-37,39,41-47,50H2,1-2H3,(H,52,53)/b8-6-,14-12-,17-15-,21-20-,24-23-,28-18-,34-32-,40-38-. The summed E-state index contributed by atoms with van der Waals surface area (Å²) >= 11 is 0. The van der Waals surface area contributed by atoms with Gasteiger partial charge in [0.25, 0.3) is 0 Å². The lowest BCUT2D eigenvalue weighted by Gasteiger charge is -2.19. The Hall–Kier alpha value is -2.58. The van der Waals surface area contributed by atoms with Gasteiger partial charge >= 0.3 is 13.8 Å². The van der Waals surface area contributed by atoms with E-state index >= 15 is 0 Å². The molecule has 2 unspecified atom stereocenters. The number of ether oxygens (including phenoxy) is 2. The number of unbranched alkanes of at least 4 members (excludes halogenated alkanes) is 14. The maximum absolute atomic E-state index is 12.5. The van der Waals surface area contributed by atoms with E-state index in [1.54, 1.807) is 6.08 Å². The Morgan fingerprint density at radius 1 is 0.534 bits per heavy atom. The van der Waals surface area contributed by atoms with Crippen LogP contribution in [0.4, 0.5) is 0 Å². The number of esters is 1. The van der Waals surface area contributed by atoms with E-state index in [-0.39, 0.29) is 32.8 Å². The summed E-state index contributed by atoms with van der Waals surface area (Å²) in [7, 11) is -4.31. The fourth-order valence-electron chi connectivity index (χ4n) is 5.73. The Bertz CT molecular complexity index is 1200. The van der Waals surface area contributed by atoms with E-state index in [1.165, 1.54) is 83.5 Å². The number of phosphoric acid groups is 1. The van der Waals surface area contributed by atoms with E-state index in [9.17, 15) is 14.3 Å². The van der Waals surface area contributed by atoms with Crippen LogP contribution in [-0.2, 0) is 27.9 Å². The monoisotopic (exact) mass is 830 g/mol. The van der Waals surface area contributed by atoms with E-state index in [2.05, 4.69) is 98.9 Å². The predicted molar refractivity (Wildman–Crippen MR) is 247 cm³/mol. The molecule has 0 aromatic carbocycles. The number of carbonyl (C=O) groups is 1. The first kappa shape index (κ1) is 55.4. The van der Waals surface area contributed by atoms with Gasteiger partial charge in [0.15, 0.2) is 0 Å². The summed E-state index contributed by atoms with van der Waals surface area (Å²) in [6.45, 7) is 4.62. The second-order valence-electron chi connectivity index (χ2n) is 14.5. The maximum Gasteiger partial charge on any atom is 0.472 e. The van der Waals surface area contributed by atoms with Crippen LogP contribution in [0.1, 0.15) is 168 Å². The van der Waals surface area contributed by atoms with Crippen molar-refractivity contribution >= 4 is 13.8 Å². The van der Waals surface area contributed by atoms with Gasteiger partial charge in [-0.2, -0.15) is 0 Å². The number of rotatable bonds is 42. The van der Waals surface area contributed by atoms with Gasteiger partial charge in [0.2, 0.25) is 0 Å². The van der Waals surface area contributed by atoms with Crippen LogP contribution in [0.5, 0.6) is 0 Å². The number of allylic oxidation sites excluding steroid dienone is 15. The zero-order valence-corrected chi connectivity index (χ0v) is 37.6. The third-order valence-electron chi connectivity index (χ3n) is 9.02. The number of hydrogen-bond donors (Lipinski definition) is 2. The van der Waals surface area contributed by atoms with Crippen molar-refractivity contribution in [1.82, 2.24) is 0 Å². The lowest BCUT2D eigenvalue weighted by atomic mass is 10.1. The molecule has 0 aliphatic rings. The van der Waals surface area contributed by atoms with Crippen molar-refractivity contribution in [2.75, 3.05) is 33.0 Å². The van der Waals surface area contributed by atoms with Crippen LogP contribution in [0.3, 0.4) is 0 Å². The van der Waals surface area contributed by atoms with Crippen molar-refractivity contribution < 1.29 is 32.8 Å². The number of nitrogens with two attached hydrogens (primary N) is 1. The third kappa shape index (κ3) is 44.5. The summed E-state index contributed by atoms with van der Waals surface area (Å²) < 4.78 is 33.3. The predicted octanol–water partition coefficient (Wildman–Crippen LogP) is 13.9. The van der Waals surface area contributed by atoms with Gasteiger partial charge in [0.05, 0.1) is 26.2 Å². The second-order valence-corrected chi connectivity index (χ2v) is 16.0. The van der Waals surface area contributed by atoms with Crippen LogP contribution in [0, 0.1) is 0 Å². The molecule has 0 radical (unpaired) electrons. The zero-order chi connectivity index (χ0) is 42.3. The Kier molecular flexibility index (Phi) is 43.5. The van der Waals surface area contributed by atoms with Crippen molar-refractivity contribution in [3.63, 3.8) is 0 Å². The highest BCUT2D eigenvalue weighted by Gasteiger charge is 2.25.